The molecule has 0 saturated heterocycles. The Balaban J connectivity index is 0.000000249. The molecule has 0 fully saturated rings. The minimum absolute atomic E-state index is 0.00338. The lowest BCUT2D eigenvalue weighted by Gasteiger charge is -2.25. The van der Waals surface area contributed by atoms with E-state index >= 15 is 0 Å². The standard InChI is InChI=1S/C25H26FNO7S.C24H23BrFNO4/c1-18(28)27(23-16-20(26)9-11-25(23)34-21-7-5-4-6-8-21)17-19-15-22(31-2)10-12-24(19)32-13-14-33-35(3,29)30;1-17(28)27(16-18-14-21(29-2)9-11-23(18)30-13-12-25)22-15-19(26)8-10-24(22)31-20-6-4-3-5-7-20/h4-12,15-16H,13-14,17H2,1-3H3;3-11,14-15H,12-13,16H2,1-2H3. The maximum absolute atomic E-state index is 14.2. The summed E-state index contributed by atoms with van der Waals surface area (Å²) < 4.78 is 89.5. The smallest absolute Gasteiger partial charge is 0.264 e. The number of para-hydroxylation sites is 2. The number of ether oxygens (including phenoxy) is 6. The summed E-state index contributed by atoms with van der Waals surface area (Å²) >= 11 is 3.35. The number of rotatable bonds is 20. The van der Waals surface area contributed by atoms with Crippen molar-refractivity contribution in [1.29, 1.82) is 0 Å². The van der Waals surface area contributed by atoms with Crippen LogP contribution in [0.2, 0.25) is 0 Å². The van der Waals surface area contributed by atoms with Gasteiger partial charge in [0.25, 0.3) is 10.1 Å². The maximum Gasteiger partial charge on any atom is 0.264 e. The van der Waals surface area contributed by atoms with E-state index in [2.05, 4.69) is 15.9 Å². The zero-order valence-electron chi connectivity index (χ0n) is 36.9. The molecular formula is C49H49BrF2N2O11S. The van der Waals surface area contributed by atoms with Gasteiger partial charge in [-0.2, -0.15) is 8.42 Å². The molecule has 66 heavy (non-hydrogen) atoms. The third-order valence-corrected chi connectivity index (χ3v) is 10.2. The molecule has 0 atom stereocenters. The average Bonchev–Trinajstić information content (AvgIpc) is 3.30. The van der Waals surface area contributed by atoms with Crippen molar-refractivity contribution in [2.75, 3.05) is 55.4 Å². The number of alkyl halides is 1. The van der Waals surface area contributed by atoms with Gasteiger partial charge in [-0.25, -0.2) is 8.78 Å². The molecule has 0 spiro atoms. The summed E-state index contributed by atoms with van der Waals surface area (Å²) in [5.41, 5.74) is 1.83. The Morgan fingerprint density at radius 1 is 0.545 bits per heavy atom. The molecular weight excluding hydrogens is 943 g/mol. The lowest BCUT2D eigenvalue weighted by Crippen LogP contribution is -2.28. The molecule has 0 N–H and O–H groups in total. The molecule has 6 aromatic carbocycles. The van der Waals surface area contributed by atoms with Crippen molar-refractivity contribution in [3.63, 3.8) is 0 Å². The van der Waals surface area contributed by atoms with Gasteiger partial charge in [0, 0.05) is 42.4 Å². The lowest BCUT2D eigenvalue weighted by molar-refractivity contribution is -0.117. The van der Waals surface area contributed by atoms with E-state index in [1.54, 1.807) is 79.9 Å². The molecule has 2 amide bonds. The fourth-order valence-electron chi connectivity index (χ4n) is 6.26. The zero-order valence-corrected chi connectivity index (χ0v) is 39.3. The summed E-state index contributed by atoms with van der Waals surface area (Å²) in [6.07, 6.45) is 0.949. The topological polar surface area (TPSA) is 139 Å². The van der Waals surface area contributed by atoms with E-state index in [-0.39, 0.29) is 43.8 Å². The van der Waals surface area contributed by atoms with Crippen molar-refractivity contribution in [3.05, 3.63) is 156 Å². The maximum atomic E-state index is 14.2. The van der Waals surface area contributed by atoms with E-state index in [0.717, 1.165) is 11.8 Å². The first-order valence-corrected chi connectivity index (χ1v) is 23.2. The number of benzene rings is 6. The molecule has 0 aromatic heterocycles. The van der Waals surface area contributed by atoms with Crippen LogP contribution in [0, 0.1) is 11.6 Å². The van der Waals surface area contributed by atoms with Crippen molar-refractivity contribution in [2.24, 2.45) is 0 Å². The van der Waals surface area contributed by atoms with E-state index in [0.29, 0.717) is 69.2 Å². The fourth-order valence-corrected chi connectivity index (χ4v) is 6.79. The van der Waals surface area contributed by atoms with Crippen molar-refractivity contribution >= 4 is 49.2 Å². The second-order valence-corrected chi connectivity index (χ2v) is 16.6. The first-order chi connectivity index (χ1) is 31.7. The van der Waals surface area contributed by atoms with Crippen molar-refractivity contribution in [2.45, 2.75) is 26.9 Å². The number of amides is 2. The molecule has 0 aliphatic heterocycles. The van der Waals surface area contributed by atoms with Gasteiger partial charge in [-0.05, 0) is 84.9 Å². The summed E-state index contributed by atoms with van der Waals surface area (Å²) in [6, 6.07) is 36.5. The van der Waals surface area contributed by atoms with Gasteiger partial charge in [0.1, 0.15) is 59.3 Å². The van der Waals surface area contributed by atoms with Crippen LogP contribution < -0.4 is 38.2 Å². The third kappa shape index (κ3) is 15.2. The monoisotopic (exact) mass is 990 g/mol. The van der Waals surface area contributed by atoms with Gasteiger partial charge in [0.2, 0.25) is 11.8 Å². The van der Waals surface area contributed by atoms with Crippen LogP contribution in [0.4, 0.5) is 20.2 Å². The Morgan fingerprint density at radius 2 is 0.955 bits per heavy atom. The van der Waals surface area contributed by atoms with Crippen molar-refractivity contribution in [3.8, 4) is 46.0 Å². The molecule has 6 rings (SSSR count). The van der Waals surface area contributed by atoms with Crippen molar-refractivity contribution in [1.82, 2.24) is 0 Å². The number of nitrogens with zero attached hydrogens (tertiary/aromatic N) is 2. The Hall–Kier alpha value is -6.69. The number of hydrogen-bond acceptors (Lipinski definition) is 11. The van der Waals surface area contributed by atoms with Crippen LogP contribution in [0.1, 0.15) is 25.0 Å². The quantitative estimate of drug-likeness (QED) is 0.0410. The Kier molecular flexibility index (Phi) is 18.7. The highest BCUT2D eigenvalue weighted by molar-refractivity contribution is 9.09. The average molecular weight is 992 g/mol. The normalized spacial score (nSPS) is 10.8. The zero-order chi connectivity index (χ0) is 47.6. The Labute approximate surface area is 391 Å². The molecule has 0 radical (unpaired) electrons. The van der Waals surface area contributed by atoms with E-state index in [1.165, 1.54) is 67.2 Å². The van der Waals surface area contributed by atoms with Gasteiger partial charge in [0.05, 0.1) is 51.5 Å². The van der Waals surface area contributed by atoms with Gasteiger partial charge in [-0.3, -0.25) is 13.8 Å². The van der Waals surface area contributed by atoms with Gasteiger partial charge in [-0.15, -0.1) is 0 Å². The second kappa shape index (κ2) is 24.6. The van der Waals surface area contributed by atoms with E-state index in [4.69, 9.17) is 32.6 Å². The van der Waals surface area contributed by atoms with E-state index in [9.17, 15) is 26.8 Å². The lowest BCUT2D eigenvalue weighted by atomic mass is 10.1. The molecule has 0 aliphatic rings. The summed E-state index contributed by atoms with van der Waals surface area (Å²) in [4.78, 5) is 28.1. The SMILES string of the molecule is COc1ccc(OCCBr)c(CN(C(C)=O)c2cc(F)ccc2Oc2ccccc2)c1.COc1ccc(OCCOS(C)(=O)=O)c(CN(C(C)=O)c2cc(F)ccc2Oc2ccccc2)c1. The molecule has 13 nitrogen and oxygen atoms in total. The minimum atomic E-state index is -3.60. The Morgan fingerprint density at radius 3 is 1.33 bits per heavy atom. The highest BCUT2D eigenvalue weighted by Crippen LogP contribution is 2.38. The summed E-state index contributed by atoms with van der Waals surface area (Å²) in [5.74, 6) is 2.29. The number of hydrogen-bond donors (Lipinski definition) is 0. The largest absolute Gasteiger partial charge is 0.497 e. The second-order valence-electron chi connectivity index (χ2n) is 14.1. The number of anilines is 2. The summed E-state index contributed by atoms with van der Waals surface area (Å²) in [5, 5.41) is 0.661. The van der Waals surface area contributed by atoms with Crippen LogP contribution in [0.5, 0.6) is 46.0 Å². The number of carbonyl (C=O) groups is 2. The highest BCUT2D eigenvalue weighted by Gasteiger charge is 2.23. The van der Waals surface area contributed by atoms with Crippen LogP contribution in [-0.2, 0) is 37.0 Å². The molecule has 0 heterocycles. The summed E-state index contributed by atoms with van der Waals surface area (Å²) in [6.45, 7) is 3.17. The van der Waals surface area contributed by atoms with Crippen LogP contribution in [-0.4, -0.2) is 65.9 Å². The molecule has 6 aromatic rings. The van der Waals surface area contributed by atoms with Crippen LogP contribution >= 0.6 is 15.9 Å². The molecule has 0 aliphatic carbocycles. The predicted molar refractivity (Wildman–Crippen MR) is 251 cm³/mol. The van der Waals surface area contributed by atoms with E-state index < -0.39 is 21.8 Å². The van der Waals surface area contributed by atoms with Crippen molar-refractivity contribution < 1.29 is 59.4 Å². The fraction of sp³-hybridized carbons (Fsp3) is 0.224. The first-order valence-electron chi connectivity index (χ1n) is 20.3. The third-order valence-electron chi connectivity index (χ3n) is 9.29. The highest BCUT2D eigenvalue weighted by atomic mass is 79.9. The molecule has 348 valence electrons. The van der Waals surface area contributed by atoms with Crippen LogP contribution in [0.15, 0.2) is 133 Å². The van der Waals surface area contributed by atoms with E-state index in [1.807, 2.05) is 24.3 Å². The molecule has 0 unspecified atom stereocenters. The minimum Gasteiger partial charge on any atom is -0.497 e. The molecule has 0 saturated carbocycles. The van der Waals surface area contributed by atoms with Gasteiger partial charge in [0.15, 0.2) is 11.5 Å². The first kappa shape index (κ1) is 50.3. The Bertz CT molecular complexity index is 2660. The van der Waals surface area contributed by atoms with Crippen LogP contribution in [0.3, 0.4) is 0 Å². The van der Waals surface area contributed by atoms with Gasteiger partial charge < -0.3 is 38.2 Å². The molecule has 0 bridgehead atoms. The summed E-state index contributed by atoms with van der Waals surface area (Å²) in [7, 11) is -0.533. The van der Waals surface area contributed by atoms with Gasteiger partial charge >= 0.3 is 0 Å². The number of halogens is 3. The number of carbonyl (C=O) groups excluding carboxylic acids is 2. The van der Waals surface area contributed by atoms with Crippen LogP contribution in [0.25, 0.3) is 0 Å². The predicted octanol–water partition coefficient (Wildman–Crippen LogP) is 10.5. The number of methoxy groups -OCH3 is 2. The molecule has 17 heteroatoms. The van der Waals surface area contributed by atoms with Gasteiger partial charge in [-0.1, -0.05) is 52.3 Å².